The standard InChI is InChI=1S/C19H19N3O4/c1-13(23)16-11-14-12-21(9-10-22(14)20-16)19(24)17-7-8-18(26-17)25-15-5-3-2-4-6-15/h2-8,11,13,23H,9-10,12H2,1H3/t13-/m0/s1. The summed E-state index contributed by atoms with van der Waals surface area (Å²) in [7, 11) is 0. The van der Waals surface area contributed by atoms with Gasteiger partial charge in [-0.2, -0.15) is 5.10 Å². The van der Waals surface area contributed by atoms with Gasteiger partial charge in [-0.15, -0.1) is 0 Å². The fourth-order valence-electron chi connectivity index (χ4n) is 2.92. The van der Waals surface area contributed by atoms with E-state index in [-0.39, 0.29) is 17.6 Å². The number of hydrogen-bond donors (Lipinski definition) is 1. The van der Waals surface area contributed by atoms with Crippen LogP contribution < -0.4 is 4.74 Å². The van der Waals surface area contributed by atoms with E-state index in [1.807, 2.05) is 41.1 Å². The minimum Gasteiger partial charge on any atom is -0.426 e. The Bertz CT molecular complexity index is 914. The SMILES string of the molecule is C[C@H](O)c1cc2n(n1)CCN(C(=O)c1ccc(Oc3ccccc3)o1)C2. The molecular formula is C19H19N3O4. The molecule has 1 aliphatic rings. The molecule has 0 radical (unpaired) electrons. The van der Waals surface area contributed by atoms with Crippen molar-refractivity contribution in [2.24, 2.45) is 0 Å². The quantitative estimate of drug-likeness (QED) is 0.780. The number of rotatable bonds is 4. The molecule has 1 aliphatic heterocycles. The molecule has 1 aromatic carbocycles. The molecule has 0 bridgehead atoms. The lowest BCUT2D eigenvalue weighted by Crippen LogP contribution is -2.38. The van der Waals surface area contributed by atoms with Gasteiger partial charge in [-0.1, -0.05) is 18.2 Å². The number of furan rings is 1. The number of aliphatic hydroxyl groups is 1. The third kappa shape index (κ3) is 3.21. The number of benzene rings is 1. The van der Waals surface area contributed by atoms with Crippen LogP contribution in [-0.2, 0) is 13.1 Å². The summed E-state index contributed by atoms with van der Waals surface area (Å²) in [5.74, 6) is 0.963. The predicted octanol–water partition coefficient (Wildman–Crippen LogP) is 2.98. The summed E-state index contributed by atoms with van der Waals surface area (Å²) in [4.78, 5) is 14.4. The van der Waals surface area contributed by atoms with Gasteiger partial charge in [-0.05, 0) is 31.2 Å². The zero-order valence-electron chi connectivity index (χ0n) is 14.3. The molecule has 0 fully saturated rings. The molecule has 26 heavy (non-hydrogen) atoms. The van der Waals surface area contributed by atoms with Gasteiger partial charge in [0, 0.05) is 12.6 Å². The molecule has 1 N–H and O–H groups in total. The van der Waals surface area contributed by atoms with Crippen LogP contribution in [0.4, 0.5) is 0 Å². The second-order valence-corrected chi connectivity index (χ2v) is 6.22. The highest BCUT2D eigenvalue weighted by Gasteiger charge is 2.26. The lowest BCUT2D eigenvalue weighted by atomic mass is 10.2. The first kappa shape index (κ1) is 16.4. The molecule has 0 unspecified atom stereocenters. The van der Waals surface area contributed by atoms with E-state index in [4.69, 9.17) is 9.15 Å². The summed E-state index contributed by atoms with van der Waals surface area (Å²) in [6.07, 6.45) is -0.625. The Morgan fingerprint density at radius 1 is 1.23 bits per heavy atom. The highest BCUT2D eigenvalue weighted by molar-refractivity contribution is 5.91. The van der Waals surface area contributed by atoms with Gasteiger partial charge >= 0.3 is 0 Å². The molecule has 3 aromatic rings. The van der Waals surface area contributed by atoms with Gasteiger partial charge in [0.2, 0.25) is 0 Å². The molecule has 0 saturated carbocycles. The van der Waals surface area contributed by atoms with Crippen LogP contribution in [-0.4, -0.2) is 32.2 Å². The normalized spacial score (nSPS) is 14.8. The van der Waals surface area contributed by atoms with Gasteiger partial charge in [0.05, 0.1) is 30.6 Å². The smallest absolute Gasteiger partial charge is 0.290 e. The molecule has 3 heterocycles. The van der Waals surface area contributed by atoms with Crippen molar-refractivity contribution in [2.75, 3.05) is 6.54 Å². The number of aromatic nitrogens is 2. The second-order valence-electron chi connectivity index (χ2n) is 6.22. The van der Waals surface area contributed by atoms with E-state index in [0.717, 1.165) is 5.69 Å². The number of aliphatic hydroxyl groups excluding tert-OH is 1. The fraction of sp³-hybridized carbons (Fsp3) is 0.263. The molecular weight excluding hydrogens is 334 g/mol. The van der Waals surface area contributed by atoms with Gasteiger partial charge in [-0.25, -0.2) is 0 Å². The fourth-order valence-corrected chi connectivity index (χ4v) is 2.92. The van der Waals surface area contributed by atoms with Crippen molar-refractivity contribution in [1.82, 2.24) is 14.7 Å². The topological polar surface area (TPSA) is 80.7 Å². The summed E-state index contributed by atoms with van der Waals surface area (Å²) in [5.41, 5.74) is 1.51. The van der Waals surface area contributed by atoms with Crippen molar-refractivity contribution >= 4 is 5.91 Å². The Labute approximate surface area is 150 Å². The van der Waals surface area contributed by atoms with Gasteiger partial charge in [-0.3, -0.25) is 9.48 Å². The summed E-state index contributed by atoms with van der Waals surface area (Å²) < 4.78 is 13.0. The number of ether oxygens (including phenoxy) is 1. The zero-order chi connectivity index (χ0) is 18.1. The molecule has 0 spiro atoms. The third-order valence-corrected chi connectivity index (χ3v) is 4.29. The monoisotopic (exact) mass is 353 g/mol. The third-order valence-electron chi connectivity index (χ3n) is 4.29. The van der Waals surface area contributed by atoms with Crippen molar-refractivity contribution in [3.63, 3.8) is 0 Å². The number of para-hydroxylation sites is 1. The van der Waals surface area contributed by atoms with Crippen molar-refractivity contribution < 1.29 is 19.1 Å². The molecule has 1 amide bonds. The van der Waals surface area contributed by atoms with Crippen LogP contribution in [0.3, 0.4) is 0 Å². The number of carbonyl (C=O) groups excluding carboxylic acids is 1. The number of nitrogens with zero attached hydrogens (tertiary/aromatic N) is 3. The van der Waals surface area contributed by atoms with Crippen LogP contribution in [0.1, 0.15) is 35.0 Å². The van der Waals surface area contributed by atoms with Gasteiger partial charge in [0.15, 0.2) is 5.76 Å². The number of carbonyl (C=O) groups is 1. The van der Waals surface area contributed by atoms with E-state index < -0.39 is 6.10 Å². The molecule has 4 rings (SSSR count). The van der Waals surface area contributed by atoms with Crippen LogP contribution in [0, 0.1) is 0 Å². The van der Waals surface area contributed by atoms with Crippen LogP contribution in [0.5, 0.6) is 11.7 Å². The van der Waals surface area contributed by atoms with E-state index in [2.05, 4.69) is 5.10 Å². The molecule has 7 heteroatoms. The minimum absolute atomic E-state index is 0.195. The maximum absolute atomic E-state index is 12.7. The zero-order valence-corrected chi connectivity index (χ0v) is 14.3. The first-order chi connectivity index (χ1) is 12.6. The Morgan fingerprint density at radius 3 is 2.81 bits per heavy atom. The lowest BCUT2D eigenvalue weighted by molar-refractivity contribution is 0.0668. The summed E-state index contributed by atoms with van der Waals surface area (Å²) in [5, 5.41) is 14.0. The average Bonchev–Trinajstić information content (AvgIpc) is 3.28. The van der Waals surface area contributed by atoms with E-state index in [0.29, 0.717) is 31.1 Å². The summed E-state index contributed by atoms with van der Waals surface area (Å²) in [6, 6.07) is 14.3. The maximum atomic E-state index is 12.7. The molecule has 2 aromatic heterocycles. The number of fused-ring (bicyclic) bond motifs is 1. The van der Waals surface area contributed by atoms with E-state index >= 15 is 0 Å². The number of hydrogen-bond acceptors (Lipinski definition) is 5. The van der Waals surface area contributed by atoms with Crippen molar-refractivity contribution in [3.05, 3.63) is 65.7 Å². The summed E-state index contributed by atoms with van der Waals surface area (Å²) >= 11 is 0. The van der Waals surface area contributed by atoms with Crippen LogP contribution in [0.15, 0.2) is 52.9 Å². The van der Waals surface area contributed by atoms with Crippen LogP contribution in [0.25, 0.3) is 0 Å². The van der Waals surface area contributed by atoms with Crippen molar-refractivity contribution in [1.29, 1.82) is 0 Å². The van der Waals surface area contributed by atoms with Crippen molar-refractivity contribution in [3.8, 4) is 11.7 Å². The largest absolute Gasteiger partial charge is 0.426 e. The Hall–Kier alpha value is -3.06. The van der Waals surface area contributed by atoms with E-state index in [9.17, 15) is 9.90 Å². The Kier molecular flexibility index (Phi) is 4.22. The Balaban J connectivity index is 1.46. The van der Waals surface area contributed by atoms with Gasteiger partial charge in [0.25, 0.3) is 11.9 Å². The van der Waals surface area contributed by atoms with E-state index in [1.165, 1.54) is 0 Å². The average molecular weight is 353 g/mol. The molecule has 7 nitrogen and oxygen atoms in total. The first-order valence-corrected chi connectivity index (χ1v) is 8.47. The minimum atomic E-state index is -0.625. The highest BCUT2D eigenvalue weighted by atomic mass is 16.6. The second kappa shape index (κ2) is 6.68. The van der Waals surface area contributed by atoms with Crippen LogP contribution in [0.2, 0.25) is 0 Å². The predicted molar refractivity (Wildman–Crippen MR) is 92.8 cm³/mol. The molecule has 0 saturated heterocycles. The van der Waals surface area contributed by atoms with E-state index in [1.54, 1.807) is 24.0 Å². The molecule has 1 atom stereocenters. The van der Waals surface area contributed by atoms with Crippen LogP contribution >= 0.6 is 0 Å². The van der Waals surface area contributed by atoms with Gasteiger partial charge in [0.1, 0.15) is 5.75 Å². The van der Waals surface area contributed by atoms with Gasteiger partial charge < -0.3 is 19.2 Å². The maximum Gasteiger partial charge on any atom is 0.290 e. The molecule has 134 valence electrons. The first-order valence-electron chi connectivity index (χ1n) is 8.47. The lowest BCUT2D eigenvalue weighted by Gasteiger charge is -2.26. The highest BCUT2D eigenvalue weighted by Crippen LogP contribution is 2.25. The van der Waals surface area contributed by atoms with Crippen molar-refractivity contribution in [2.45, 2.75) is 26.1 Å². The summed E-state index contributed by atoms with van der Waals surface area (Å²) in [6.45, 7) is 3.22. The Morgan fingerprint density at radius 2 is 2.04 bits per heavy atom. The molecule has 0 aliphatic carbocycles. The number of amides is 1.